The molecule has 0 aromatic carbocycles. The molecule has 0 bridgehead atoms. The van der Waals surface area contributed by atoms with Crippen molar-refractivity contribution >= 4 is 12.3 Å². The van der Waals surface area contributed by atoms with Gasteiger partial charge < -0.3 is 5.32 Å². The van der Waals surface area contributed by atoms with E-state index in [0.29, 0.717) is 0 Å². The fraction of sp³-hybridized carbons (Fsp3) is 0. The maximum atomic E-state index is 4.01. The van der Waals surface area contributed by atoms with Gasteiger partial charge in [-0.1, -0.05) is 6.58 Å². The summed E-state index contributed by atoms with van der Waals surface area (Å²) in [5.74, 6) is 0. The van der Waals surface area contributed by atoms with Gasteiger partial charge in [0, 0.05) is 34.7 Å². The van der Waals surface area contributed by atoms with Crippen molar-refractivity contribution in [1.29, 1.82) is 0 Å². The van der Waals surface area contributed by atoms with Crippen molar-refractivity contribution in [2.75, 3.05) is 0 Å². The third kappa shape index (κ3) is 1.03. The Morgan fingerprint density at radius 1 is 1.36 bits per heavy atom. The van der Waals surface area contributed by atoms with E-state index in [1.54, 1.807) is 6.20 Å². The normalized spacial score (nSPS) is 14.0. The molecule has 1 aliphatic heterocycles. The third-order valence-corrected chi connectivity index (χ3v) is 1.63. The summed E-state index contributed by atoms with van der Waals surface area (Å²) < 4.78 is 0. The van der Waals surface area contributed by atoms with Crippen LogP contribution in [0.15, 0.2) is 30.7 Å². The standard InChI is InChI=1S/C9H8N2/c1-7-4-9-5-10-3-2-8(9)6-11-7/h2-6,11H,1H2. The second-order valence-electron chi connectivity index (χ2n) is 2.46. The van der Waals surface area contributed by atoms with E-state index in [-0.39, 0.29) is 0 Å². The highest BCUT2D eigenvalue weighted by atomic mass is 14.8. The zero-order valence-corrected chi connectivity index (χ0v) is 6.04. The first-order valence-corrected chi connectivity index (χ1v) is 3.44. The summed E-state index contributed by atoms with van der Waals surface area (Å²) in [5, 5.41) is 5.32. The van der Waals surface area contributed by atoms with Crippen LogP contribution < -0.4 is 15.8 Å². The molecule has 2 heterocycles. The van der Waals surface area contributed by atoms with E-state index in [0.717, 1.165) is 16.1 Å². The van der Waals surface area contributed by atoms with Crippen LogP contribution in [0.3, 0.4) is 0 Å². The number of nitrogens with one attached hydrogen (secondary N) is 1. The van der Waals surface area contributed by atoms with Crippen molar-refractivity contribution < 1.29 is 0 Å². The van der Waals surface area contributed by atoms with Gasteiger partial charge in [-0.15, -0.1) is 0 Å². The molecule has 0 saturated heterocycles. The lowest BCUT2D eigenvalue weighted by Gasteiger charge is -2.03. The second kappa shape index (κ2) is 2.23. The molecule has 11 heavy (non-hydrogen) atoms. The zero-order chi connectivity index (χ0) is 7.68. The lowest BCUT2D eigenvalue weighted by Crippen LogP contribution is -2.31. The molecule has 0 spiro atoms. The van der Waals surface area contributed by atoms with Crippen LogP contribution in [-0.2, 0) is 0 Å². The van der Waals surface area contributed by atoms with Crippen molar-refractivity contribution in [3.05, 3.63) is 41.2 Å². The predicted molar refractivity (Wildman–Crippen MR) is 44.7 cm³/mol. The van der Waals surface area contributed by atoms with Crippen molar-refractivity contribution in [2.24, 2.45) is 0 Å². The highest BCUT2D eigenvalue weighted by Crippen LogP contribution is 1.86. The molecule has 2 rings (SSSR count). The molecule has 0 fully saturated rings. The van der Waals surface area contributed by atoms with Crippen LogP contribution in [0, 0.1) is 0 Å². The van der Waals surface area contributed by atoms with Crippen LogP contribution in [0.5, 0.6) is 0 Å². The number of allylic oxidation sites excluding steroid dienone is 1. The molecule has 2 heteroatoms. The Bertz CT molecular complexity index is 404. The average Bonchev–Trinajstić information content (AvgIpc) is 2.04. The van der Waals surface area contributed by atoms with Crippen molar-refractivity contribution in [3.8, 4) is 0 Å². The highest BCUT2D eigenvalue weighted by Gasteiger charge is 1.92. The first-order chi connectivity index (χ1) is 5.36. The van der Waals surface area contributed by atoms with E-state index in [2.05, 4.69) is 16.9 Å². The van der Waals surface area contributed by atoms with E-state index in [1.165, 1.54) is 0 Å². The maximum Gasteiger partial charge on any atom is 0.0347 e. The molecule has 1 aromatic rings. The minimum absolute atomic E-state index is 0.908. The molecule has 0 unspecified atom stereocenters. The van der Waals surface area contributed by atoms with Gasteiger partial charge in [-0.2, -0.15) is 0 Å². The van der Waals surface area contributed by atoms with Gasteiger partial charge >= 0.3 is 0 Å². The van der Waals surface area contributed by atoms with Gasteiger partial charge in [0.1, 0.15) is 0 Å². The first-order valence-electron chi connectivity index (χ1n) is 3.44. The fourth-order valence-electron chi connectivity index (χ4n) is 1.07. The summed E-state index contributed by atoms with van der Waals surface area (Å²) in [6.45, 7) is 3.79. The number of aromatic nitrogens is 1. The summed E-state index contributed by atoms with van der Waals surface area (Å²) in [6, 6.07) is 1.96. The number of pyridine rings is 1. The van der Waals surface area contributed by atoms with Crippen LogP contribution in [0.25, 0.3) is 12.3 Å². The molecule has 1 N–H and O–H groups in total. The quantitative estimate of drug-likeness (QED) is 0.541. The molecule has 1 aromatic heterocycles. The van der Waals surface area contributed by atoms with Gasteiger partial charge in [-0.25, -0.2) is 0 Å². The minimum Gasteiger partial charge on any atom is -0.362 e. The van der Waals surface area contributed by atoms with Crippen LogP contribution in [0.4, 0.5) is 0 Å². The molecule has 0 amide bonds. The summed E-state index contributed by atoms with van der Waals surface area (Å²) in [6.07, 6.45) is 7.51. The second-order valence-corrected chi connectivity index (χ2v) is 2.46. The lowest BCUT2D eigenvalue weighted by atomic mass is 10.2. The van der Waals surface area contributed by atoms with E-state index in [9.17, 15) is 0 Å². The largest absolute Gasteiger partial charge is 0.362 e. The lowest BCUT2D eigenvalue weighted by molar-refractivity contribution is 1.16. The van der Waals surface area contributed by atoms with E-state index in [1.807, 2.05) is 24.5 Å². The molecule has 1 aliphatic rings. The molecule has 54 valence electrons. The first kappa shape index (κ1) is 6.16. The van der Waals surface area contributed by atoms with Gasteiger partial charge in [-0.05, 0) is 12.1 Å². The number of rotatable bonds is 0. The Labute approximate surface area is 64.6 Å². The molecule has 2 nitrogen and oxygen atoms in total. The Balaban J connectivity index is 2.83. The topological polar surface area (TPSA) is 24.9 Å². The summed E-state index contributed by atoms with van der Waals surface area (Å²) in [5.41, 5.74) is 0.908. The Hall–Kier alpha value is -1.57. The summed E-state index contributed by atoms with van der Waals surface area (Å²) >= 11 is 0. The van der Waals surface area contributed by atoms with E-state index < -0.39 is 0 Å². The van der Waals surface area contributed by atoms with E-state index >= 15 is 0 Å². The predicted octanol–water partition coefficient (Wildman–Crippen LogP) is -0.283. The van der Waals surface area contributed by atoms with Crippen LogP contribution in [0.2, 0.25) is 0 Å². The molecule has 0 aliphatic carbocycles. The molecule has 0 radical (unpaired) electrons. The highest BCUT2D eigenvalue weighted by molar-refractivity contribution is 5.51. The van der Waals surface area contributed by atoms with Crippen LogP contribution >= 0.6 is 0 Å². The minimum atomic E-state index is 0.908. The van der Waals surface area contributed by atoms with E-state index in [4.69, 9.17) is 0 Å². The van der Waals surface area contributed by atoms with Crippen molar-refractivity contribution in [2.45, 2.75) is 0 Å². The van der Waals surface area contributed by atoms with Crippen LogP contribution in [0.1, 0.15) is 0 Å². The fourth-order valence-corrected chi connectivity index (χ4v) is 1.07. The maximum absolute atomic E-state index is 4.01. The van der Waals surface area contributed by atoms with Gasteiger partial charge in [0.2, 0.25) is 0 Å². The smallest absolute Gasteiger partial charge is 0.0347 e. The third-order valence-electron chi connectivity index (χ3n) is 1.63. The van der Waals surface area contributed by atoms with Crippen LogP contribution in [-0.4, -0.2) is 4.98 Å². The average molecular weight is 144 g/mol. The Kier molecular flexibility index (Phi) is 1.25. The van der Waals surface area contributed by atoms with Crippen molar-refractivity contribution in [1.82, 2.24) is 10.3 Å². The Morgan fingerprint density at radius 2 is 2.27 bits per heavy atom. The number of fused-ring (bicyclic) bond motifs is 1. The number of nitrogens with zero attached hydrogens (tertiary/aromatic N) is 1. The molecular formula is C9H8N2. The molecule has 0 atom stereocenters. The summed E-state index contributed by atoms with van der Waals surface area (Å²) in [7, 11) is 0. The zero-order valence-electron chi connectivity index (χ0n) is 6.04. The Morgan fingerprint density at radius 3 is 3.18 bits per heavy atom. The SMILES string of the molecule is C=C1C=c2cnccc2=CN1. The summed E-state index contributed by atoms with van der Waals surface area (Å²) in [4.78, 5) is 4.01. The number of hydrogen-bond acceptors (Lipinski definition) is 2. The number of hydrogen-bond donors (Lipinski definition) is 1. The van der Waals surface area contributed by atoms with Gasteiger partial charge in [0.15, 0.2) is 0 Å². The van der Waals surface area contributed by atoms with Gasteiger partial charge in [0.05, 0.1) is 0 Å². The van der Waals surface area contributed by atoms with Crippen molar-refractivity contribution in [3.63, 3.8) is 0 Å². The monoisotopic (exact) mass is 144 g/mol. The molecular weight excluding hydrogens is 136 g/mol. The molecule has 0 saturated carbocycles. The van der Waals surface area contributed by atoms with Gasteiger partial charge in [-0.3, -0.25) is 4.98 Å². The van der Waals surface area contributed by atoms with Gasteiger partial charge in [0.25, 0.3) is 0 Å².